The molecule has 0 aliphatic rings. The number of rotatable bonds is 5. The van der Waals surface area contributed by atoms with Gasteiger partial charge in [0.2, 0.25) is 11.8 Å². The van der Waals surface area contributed by atoms with Crippen molar-refractivity contribution in [2.24, 2.45) is 5.73 Å². The highest BCUT2D eigenvalue weighted by atomic mass is 16.2. The molecule has 0 aromatic heterocycles. The quantitative estimate of drug-likeness (QED) is 0.585. The van der Waals surface area contributed by atoms with E-state index in [4.69, 9.17) is 5.73 Å². The first-order valence-electron chi connectivity index (χ1n) is 3.81. The lowest BCUT2D eigenvalue weighted by Gasteiger charge is -2.17. The fourth-order valence-electron chi connectivity index (χ4n) is 0.854. The molecule has 2 N–H and O–H groups in total. The minimum absolute atomic E-state index is 0.0291. The lowest BCUT2D eigenvalue weighted by Crippen LogP contribution is -2.37. The van der Waals surface area contributed by atoms with Crippen molar-refractivity contribution in [3.8, 4) is 0 Å². The van der Waals surface area contributed by atoms with E-state index >= 15 is 0 Å². The summed E-state index contributed by atoms with van der Waals surface area (Å²) in [5.74, 6) is -0.755. The van der Waals surface area contributed by atoms with E-state index in [1.54, 1.807) is 0 Å². The van der Waals surface area contributed by atoms with Gasteiger partial charge >= 0.3 is 0 Å². The van der Waals surface area contributed by atoms with Gasteiger partial charge in [-0.3, -0.25) is 9.59 Å². The molecule has 0 saturated carbocycles. The molecule has 12 heavy (non-hydrogen) atoms. The molecule has 68 valence electrons. The van der Waals surface area contributed by atoms with Crippen LogP contribution in [0.2, 0.25) is 0 Å². The number of primary amides is 1. The first kappa shape index (κ1) is 10.7. The summed E-state index contributed by atoms with van der Waals surface area (Å²) in [4.78, 5) is 22.9. The lowest BCUT2D eigenvalue weighted by molar-refractivity contribution is -0.131. The molecule has 4 heteroatoms. The molecule has 0 saturated heterocycles. The minimum atomic E-state index is -0.501. The fraction of sp³-hybridized carbons (Fsp3) is 0.500. The predicted octanol–water partition coefficient (Wildman–Crippen LogP) is -0.104. The second-order valence-corrected chi connectivity index (χ2v) is 2.43. The van der Waals surface area contributed by atoms with Crippen LogP contribution in [0.5, 0.6) is 0 Å². The van der Waals surface area contributed by atoms with E-state index in [2.05, 4.69) is 6.58 Å². The van der Waals surface area contributed by atoms with Crippen LogP contribution in [0.4, 0.5) is 0 Å². The van der Waals surface area contributed by atoms with Crippen LogP contribution in [0.3, 0.4) is 0 Å². The van der Waals surface area contributed by atoms with E-state index in [-0.39, 0.29) is 12.5 Å². The Morgan fingerprint density at radius 1 is 1.58 bits per heavy atom. The van der Waals surface area contributed by atoms with E-state index in [1.807, 2.05) is 6.92 Å². The van der Waals surface area contributed by atoms with E-state index in [0.29, 0.717) is 6.54 Å². The van der Waals surface area contributed by atoms with Gasteiger partial charge in [-0.1, -0.05) is 13.5 Å². The molecule has 0 aromatic rings. The van der Waals surface area contributed by atoms with Crippen molar-refractivity contribution in [1.82, 2.24) is 4.90 Å². The molecule has 0 atom stereocenters. The molecule has 0 rings (SSSR count). The highest BCUT2D eigenvalue weighted by Crippen LogP contribution is 1.92. The van der Waals surface area contributed by atoms with E-state index < -0.39 is 5.91 Å². The number of amides is 2. The van der Waals surface area contributed by atoms with Crippen LogP contribution in [0.1, 0.15) is 13.3 Å². The summed E-state index contributed by atoms with van der Waals surface area (Å²) >= 11 is 0. The van der Waals surface area contributed by atoms with Crippen molar-refractivity contribution < 1.29 is 9.59 Å². The van der Waals surface area contributed by atoms with Gasteiger partial charge in [0.1, 0.15) is 0 Å². The maximum atomic E-state index is 11.0. The molecular formula is C8H14N2O2. The zero-order chi connectivity index (χ0) is 9.56. The Hall–Kier alpha value is -1.32. The molecule has 0 spiro atoms. The van der Waals surface area contributed by atoms with Crippen molar-refractivity contribution in [1.29, 1.82) is 0 Å². The first-order valence-corrected chi connectivity index (χ1v) is 3.81. The van der Waals surface area contributed by atoms with Crippen LogP contribution in [-0.2, 0) is 9.59 Å². The molecule has 0 unspecified atom stereocenters. The topological polar surface area (TPSA) is 63.4 Å². The van der Waals surface area contributed by atoms with Gasteiger partial charge in [-0.25, -0.2) is 0 Å². The second kappa shape index (κ2) is 5.35. The van der Waals surface area contributed by atoms with E-state index in [1.165, 1.54) is 11.0 Å². The Labute approximate surface area is 72.0 Å². The molecule has 0 fully saturated rings. The number of carbonyl (C=O) groups excluding carboxylic acids is 2. The van der Waals surface area contributed by atoms with Crippen molar-refractivity contribution in [2.45, 2.75) is 13.3 Å². The largest absolute Gasteiger partial charge is 0.368 e. The minimum Gasteiger partial charge on any atom is -0.368 e. The SMILES string of the molecule is C=CC(=O)N(CCC)CC(N)=O. The highest BCUT2D eigenvalue weighted by molar-refractivity contribution is 5.90. The molecule has 0 heterocycles. The van der Waals surface area contributed by atoms with Crippen LogP contribution < -0.4 is 5.73 Å². The van der Waals surface area contributed by atoms with Gasteiger partial charge in [0, 0.05) is 6.54 Å². The van der Waals surface area contributed by atoms with Crippen molar-refractivity contribution >= 4 is 11.8 Å². The monoisotopic (exact) mass is 170 g/mol. The third-order valence-electron chi connectivity index (χ3n) is 1.33. The van der Waals surface area contributed by atoms with Crippen LogP contribution in [0, 0.1) is 0 Å². The standard InChI is InChI=1S/C8H14N2O2/c1-3-5-10(6-7(9)11)8(12)4-2/h4H,2-3,5-6H2,1H3,(H2,9,11). The molecule has 0 aliphatic heterocycles. The number of carbonyl (C=O) groups is 2. The van der Waals surface area contributed by atoms with Crippen molar-refractivity contribution in [3.05, 3.63) is 12.7 Å². The van der Waals surface area contributed by atoms with E-state index in [0.717, 1.165) is 6.42 Å². The third-order valence-corrected chi connectivity index (χ3v) is 1.33. The van der Waals surface area contributed by atoms with Gasteiger partial charge in [0.05, 0.1) is 6.54 Å². The molecule has 4 nitrogen and oxygen atoms in total. The summed E-state index contributed by atoms with van der Waals surface area (Å²) in [5.41, 5.74) is 4.95. The molecule has 2 amide bonds. The fourth-order valence-corrected chi connectivity index (χ4v) is 0.854. The summed E-state index contributed by atoms with van der Waals surface area (Å²) in [6.07, 6.45) is 1.98. The van der Waals surface area contributed by atoms with Gasteiger partial charge in [-0.15, -0.1) is 0 Å². The van der Waals surface area contributed by atoms with Crippen LogP contribution >= 0.6 is 0 Å². The Bertz CT molecular complexity index is 189. The predicted molar refractivity (Wildman–Crippen MR) is 46.3 cm³/mol. The Kier molecular flexibility index (Phi) is 4.76. The lowest BCUT2D eigenvalue weighted by atomic mass is 10.3. The summed E-state index contributed by atoms with van der Waals surface area (Å²) in [7, 11) is 0. The molecule has 0 bridgehead atoms. The Balaban J connectivity index is 4.11. The van der Waals surface area contributed by atoms with Gasteiger partial charge in [-0.05, 0) is 12.5 Å². The Morgan fingerprint density at radius 2 is 2.17 bits per heavy atom. The second-order valence-electron chi connectivity index (χ2n) is 2.43. The van der Waals surface area contributed by atoms with Crippen LogP contribution in [0.25, 0.3) is 0 Å². The van der Waals surface area contributed by atoms with Gasteiger partial charge in [0.15, 0.2) is 0 Å². The zero-order valence-corrected chi connectivity index (χ0v) is 7.25. The highest BCUT2D eigenvalue weighted by Gasteiger charge is 2.10. The average Bonchev–Trinajstić information content (AvgIpc) is 2.01. The van der Waals surface area contributed by atoms with Gasteiger partial charge in [0.25, 0.3) is 0 Å². The Morgan fingerprint density at radius 3 is 2.50 bits per heavy atom. The van der Waals surface area contributed by atoms with Gasteiger partial charge in [-0.2, -0.15) is 0 Å². The van der Waals surface area contributed by atoms with Crippen LogP contribution in [0.15, 0.2) is 12.7 Å². The van der Waals surface area contributed by atoms with Crippen LogP contribution in [-0.4, -0.2) is 29.8 Å². The number of hydrogen-bond donors (Lipinski definition) is 1. The van der Waals surface area contributed by atoms with Crippen molar-refractivity contribution in [3.63, 3.8) is 0 Å². The maximum absolute atomic E-state index is 11.0. The van der Waals surface area contributed by atoms with Crippen molar-refractivity contribution in [2.75, 3.05) is 13.1 Å². The first-order chi connectivity index (χ1) is 5.61. The smallest absolute Gasteiger partial charge is 0.246 e. The van der Waals surface area contributed by atoms with E-state index in [9.17, 15) is 9.59 Å². The number of hydrogen-bond acceptors (Lipinski definition) is 2. The molecule has 0 radical (unpaired) electrons. The number of nitrogens with two attached hydrogens (primary N) is 1. The average molecular weight is 170 g/mol. The summed E-state index contributed by atoms with van der Waals surface area (Å²) in [6, 6.07) is 0. The molecular weight excluding hydrogens is 156 g/mol. The maximum Gasteiger partial charge on any atom is 0.246 e. The molecule has 0 aliphatic carbocycles. The summed E-state index contributed by atoms with van der Waals surface area (Å²) < 4.78 is 0. The normalized spacial score (nSPS) is 9.08. The number of nitrogens with zero attached hydrogens (tertiary/aromatic N) is 1. The summed E-state index contributed by atoms with van der Waals surface area (Å²) in [5, 5.41) is 0. The summed E-state index contributed by atoms with van der Waals surface area (Å²) in [6.45, 7) is 5.76. The zero-order valence-electron chi connectivity index (χ0n) is 7.25. The molecule has 0 aromatic carbocycles. The third kappa shape index (κ3) is 3.75. The van der Waals surface area contributed by atoms with Gasteiger partial charge < -0.3 is 10.6 Å².